The molecule has 0 spiro atoms. The average Bonchev–Trinajstić information content (AvgIpc) is 2.10. The van der Waals surface area contributed by atoms with Crippen molar-refractivity contribution in [1.82, 2.24) is 0 Å². The Balaban J connectivity index is -0.0000000120. The van der Waals surface area contributed by atoms with Crippen LogP contribution < -0.4 is 0 Å². The summed E-state index contributed by atoms with van der Waals surface area (Å²) in [6.07, 6.45) is 4.95. The van der Waals surface area contributed by atoms with E-state index in [0.717, 1.165) is 6.42 Å². The van der Waals surface area contributed by atoms with E-state index in [9.17, 15) is 0 Å². The quantitative estimate of drug-likeness (QED) is 0.611. The molecule has 1 N–H and O–H groups in total. The van der Waals surface area contributed by atoms with Crippen LogP contribution in [0.4, 0.5) is 0 Å². The Morgan fingerprint density at radius 3 is 0.867 bits per heavy atom. The molecular weight excluding hydrogens is 184 g/mol. The lowest BCUT2D eigenvalue weighted by atomic mass is 10.3. The summed E-state index contributed by atoms with van der Waals surface area (Å²) in [6.45, 7) is 10.7. The van der Waals surface area contributed by atoms with Crippen molar-refractivity contribution in [3.05, 3.63) is 0 Å². The van der Waals surface area contributed by atoms with E-state index in [4.69, 9.17) is 5.11 Å². The number of aliphatic hydroxyl groups is 1. The minimum Gasteiger partial charge on any atom is -0.396 e. The van der Waals surface area contributed by atoms with Gasteiger partial charge in [0.05, 0.1) is 0 Å². The molecule has 0 aromatic carbocycles. The summed E-state index contributed by atoms with van der Waals surface area (Å²) in [5.41, 5.74) is 0. The Morgan fingerprint density at radius 1 is 0.667 bits per heavy atom. The smallest absolute Gasteiger partial charge is 0.0428 e. The first-order valence-electron chi connectivity index (χ1n) is 4.94. The molecule has 0 heterocycles. The molecule has 1 nitrogen and oxygen atoms in total. The fourth-order valence-corrected chi connectivity index (χ4v) is 0.354. The molecule has 0 bridgehead atoms. The summed E-state index contributed by atoms with van der Waals surface area (Å²) < 4.78 is 0. The van der Waals surface area contributed by atoms with Crippen LogP contribution in [0.25, 0.3) is 0 Å². The van der Waals surface area contributed by atoms with Gasteiger partial charge in [0.2, 0.25) is 0 Å². The Labute approximate surface area is 102 Å². The van der Waals surface area contributed by atoms with E-state index < -0.39 is 0 Å². The van der Waals surface area contributed by atoms with Crippen molar-refractivity contribution in [2.75, 3.05) is 6.61 Å². The van der Waals surface area contributed by atoms with E-state index in [1.54, 1.807) is 0 Å². The van der Waals surface area contributed by atoms with E-state index in [0.29, 0.717) is 6.61 Å². The largest absolute Gasteiger partial charge is 0.396 e. The van der Waals surface area contributed by atoms with Crippen LogP contribution >= 0.6 is 0 Å². The van der Waals surface area contributed by atoms with Crippen molar-refractivity contribution in [3.63, 3.8) is 0 Å². The first-order valence-corrected chi connectivity index (χ1v) is 4.94. The molecule has 0 rings (SSSR count). The molecule has 0 unspecified atom stereocenters. The topological polar surface area (TPSA) is 20.2 Å². The zero-order valence-electron chi connectivity index (χ0n) is 8.98. The van der Waals surface area contributed by atoms with Crippen LogP contribution in [0, 0.1) is 0 Å². The van der Waals surface area contributed by atoms with Crippen LogP contribution in [0.1, 0.15) is 90.0 Å². The maximum Gasteiger partial charge on any atom is 0.0428 e. The average molecular weight is 226 g/mol. The molecule has 0 radical (unpaired) electrons. The zero-order chi connectivity index (χ0) is 9.54. The Bertz CT molecular complexity index is 24.5. The molecule has 0 aromatic rings. The molecule has 0 amide bonds. The molecule has 104 valence electrons. The highest BCUT2D eigenvalue weighted by Crippen LogP contribution is 1.88. The Morgan fingerprint density at radius 2 is 0.867 bits per heavy atom. The van der Waals surface area contributed by atoms with Crippen molar-refractivity contribution in [3.8, 4) is 0 Å². The highest BCUT2D eigenvalue weighted by atomic mass is 16.2. The second-order valence-electron chi connectivity index (χ2n) is 2.08. The number of hydrogen-bond donors (Lipinski definition) is 1. The first kappa shape index (κ1) is 46.0. The predicted molar refractivity (Wildman–Crippen MR) is 80.8 cm³/mol. The number of hydrogen-bond acceptors (Lipinski definition) is 1. The number of aliphatic hydroxyl groups excluding tert-OH is 1. The van der Waals surface area contributed by atoms with Gasteiger partial charge in [0.1, 0.15) is 0 Å². The summed E-state index contributed by atoms with van der Waals surface area (Å²) >= 11 is 0. The van der Waals surface area contributed by atoms with Gasteiger partial charge in [-0.1, -0.05) is 83.6 Å². The lowest BCUT2D eigenvalue weighted by molar-refractivity contribution is 0.295. The van der Waals surface area contributed by atoms with Crippen LogP contribution in [0.5, 0.6) is 0 Å². The molecule has 1 heteroatoms. The van der Waals surface area contributed by atoms with Gasteiger partial charge in [0, 0.05) is 6.61 Å². The van der Waals surface area contributed by atoms with Gasteiger partial charge in [-0.25, -0.2) is 0 Å². The van der Waals surface area contributed by atoms with E-state index in [1.165, 1.54) is 19.3 Å². The van der Waals surface area contributed by atoms with Crippen molar-refractivity contribution in [2.24, 2.45) is 0 Å². The minimum atomic E-state index is 0. The van der Waals surface area contributed by atoms with Gasteiger partial charge in [-0.15, -0.1) is 0 Å². The molecule has 0 saturated heterocycles. The second kappa shape index (κ2) is 95.3. The summed E-state index contributed by atoms with van der Waals surface area (Å²) in [6, 6.07) is 0. The normalized spacial score (nSPS) is 5.20. The molecule has 0 saturated carbocycles. The first-order chi connectivity index (χ1) is 5.33. The summed E-state index contributed by atoms with van der Waals surface area (Å²) in [5, 5.41) is 7.88. The molecule has 0 aliphatic rings. The van der Waals surface area contributed by atoms with Gasteiger partial charge in [-0.2, -0.15) is 0 Å². The van der Waals surface area contributed by atoms with E-state index >= 15 is 0 Å². The summed E-state index contributed by atoms with van der Waals surface area (Å²) in [5.74, 6) is 0. The molecule has 0 fully saturated rings. The summed E-state index contributed by atoms with van der Waals surface area (Å²) in [7, 11) is 0. The number of rotatable bonds is 3. The van der Waals surface area contributed by atoms with Crippen molar-refractivity contribution < 1.29 is 5.11 Å². The van der Waals surface area contributed by atoms with Crippen molar-refractivity contribution in [1.29, 1.82) is 0 Å². The van der Waals surface area contributed by atoms with Crippen LogP contribution in [-0.4, -0.2) is 11.7 Å². The van der Waals surface area contributed by atoms with Gasteiger partial charge in [-0.3, -0.25) is 0 Å². The van der Waals surface area contributed by atoms with Crippen molar-refractivity contribution in [2.45, 2.75) is 90.0 Å². The van der Waals surface area contributed by atoms with E-state index in [1.807, 2.05) is 20.8 Å². The molecule has 0 aromatic heterocycles. The third kappa shape index (κ3) is 228. The monoisotopic (exact) mass is 226 g/mol. The Hall–Kier alpha value is -0.0400. The van der Waals surface area contributed by atoms with Gasteiger partial charge >= 0.3 is 0 Å². The van der Waals surface area contributed by atoms with Gasteiger partial charge in [0.15, 0.2) is 0 Å². The molecule has 0 aliphatic carbocycles. The zero-order valence-corrected chi connectivity index (χ0v) is 8.98. The Kier molecular flexibility index (Phi) is 292. The van der Waals surface area contributed by atoms with Gasteiger partial charge in [0.25, 0.3) is 0 Å². The third-order valence-electron chi connectivity index (χ3n) is 0.931. The highest BCUT2D eigenvalue weighted by molar-refractivity contribution is 4.24. The fourth-order valence-electron chi connectivity index (χ4n) is 0.354. The predicted octanol–water partition coefficient (Wildman–Crippen LogP) is 6.16. The number of unbranched alkanes of at least 4 members (excludes halogenated alkanes) is 2. The second-order valence-corrected chi connectivity index (χ2v) is 2.08. The van der Waals surface area contributed by atoms with E-state index in [2.05, 4.69) is 13.8 Å². The lowest BCUT2D eigenvalue weighted by Gasteiger charge is -1.79. The standard InChI is InChI=1S/C5H12.C3H8O.C2H6.4CH4/c1-3-5-4-2;1-2-3-4;1-2;;;;/h3-5H2,1-2H3;4H,2-3H2,1H3;1-2H3;4*1H4. The minimum absolute atomic E-state index is 0. The van der Waals surface area contributed by atoms with Crippen LogP contribution in [0.3, 0.4) is 0 Å². The van der Waals surface area contributed by atoms with Crippen LogP contribution in [0.15, 0.2) is 0 Å². The molecule has 0 aliphatic heterocycles. The van der Waals surface area contributed by atoms with Crippen LogP contribution in [-0.2, 0) is 0 Å². The maximum absolute atomic E-state index is 7.88. The molecule has 15 heavy (non-hydrogen) atoms. The third-order valence-corrected chi connectivity index (χ3v) is 0.931. The lowest BCUT2D eigenvalue weighted by Crippen LogP contribution is -1.69. The van der Waals surface area contributed by atoms with Gasteiger partial charge in [-0.05, 0) is 6.42 Å². The van der Waals surface area contributed by atoms with Crippen LogP contribution in [0.2, 0.25) is 0 Å². The molecular formula is C14H42O. The SMILES string of the molecule is C.C.C.C.CC.CCCCC.CCCO. The fraction of sp³-hybridized carbons (Fsp3) is 1.00. The highest BCUT2D eigenvalue weighted by Gasteiger charge is 1.68. The van der Waals surface area contributed by atoms with Crippen molar-refractivity contribution >= 4 is 0 Å². The molecule has 0 atom stereocenters. The van der Waals surface area contributed by atoms with Gasteiger partial charge < -0.3 is 5.11 Å². The summed E-state index contributed by atoms with van der Waals surface area (Å²) in [4.78, 5) is 0. The maximum atomic E-state index is 7.88. The van der Waals surface area contributed by atoms with E-state index in [-0.39, 0.29) is 29.7 Å².